The highest BCUT2D eigenvalue weighted by atomic mass is 16.5. The molecule has 168 valence electrons. The van der Waals surface area contributed by atoms with Gasteiger partial charge in [-0.2, -0.15) is 10.2 Å². The Morgan fingerprint density at radius 1 is 1.33 bits per heavy atom. The summed E-state index contributed by atoms with van der Waals surface area (Å²) in [6, 6.07) is 7.65. The van der Waals surface area contributed by atoms with Gasteiger partial charge in [0.05, 0.1) is 23.8 Å². The summed E-state index contributed by atoms with van der Waals surface area (Å²) in [6.45, 7) is 5.95. The van der Waals surface area contributed by atoms with E-state index in [0.29, 0.717) is 54.8 Å². The first-order valence-electron chi connectivity index (χ1n) is 10.7. The number of aromatic nitrogens is 3. The highest BCUT2D eigenvalue weighted by molar-refractivity contribution is 5.94. The van der Waals surface area contributed by atoms with E-state index in [-0.39, 0.29) is 18.2 Å². The zero-order valence-electron chi connectivity index (χ0n) is 18.3. The Morgan fingerprint density at radius 2 is 2.18 bits per heavy atom. The molecule has 3 aromatic rings. The lowest BCUT2D eigenvalue weighted by Gasteiger charge is -2.37. The van der Waals surface area contributed by atoms with Crippen molar-refractivity contribution in [1.29, 1.82) is 5.26 Å². The third-order valence-corrected chi connectivity index (χ3v) is 6.18. The fourth-order valence-corrected chi connectivity index (χ4v) is 4.45. The fourth-order valence-electron chi connectivity index (χ4n) is 4.45. The zero-order chi connectivity index (χ0) is 23.1. The van der Waals surface area contributed by atoms with Crippen LogP contribution in [-0.4, -0.2) is 45.2 Å². The van der Waals surface area contributed by atoms with E-state index < -0.39 is 0 Å². The van der Waals surface area contributed by atoms with Crippen LogP contribution in [0.25, 0.3) is 11.6 Å². The van der Waals surface area contributed by atoms with E-state index in [4.69, 9.17) is 20.3 Å². The Kier molecular flexibility index (Phi) is 5.38. The van der Waals surface area contributed by atoms with Crippen LogP contribution in [0.15, 0.2) is 28.9 Å². The number of pyridine rings is 1. The van der Waals surface area contributed by atoms with Crippen molar-refractivity contribution in [2.24, 2.45) is 5.73 Å². The van der Waals surface area contributed by atoms with E-state index in [9.17, 15) is 4.79 Å². The molecular formula is C23H23N7O3. The maximum atomic E-state index is 11.9. The van der Waals surface area contributed by atoms with Crippen LogP contribution in [0.1, 0.15) is 50.0 Å². The number of aryl methyl sites for hydroxylation is 1. The normalized spacial score (nSPS) is 20.4. The number of carbonyl (C=O) groups excluding carboxylic acids is 1. The van der Waals surface area contributed by atoms with Crippen molar-refractivity contribution in [3.05, 3.63) is 63.6 Å². The monoisotopic (exact) mass is 445 g/mol. The Morgan fingerprint density at radius 3 is 2.97 bits per heavy atom. The van der Waals surface area contributed by atoms with Gasteiger partial charge < -0.3 is 15.0 Å². The number of piperazine rings is 1. The summed E-state index contributed by atoms with van der Waals surface area (Å²) in [6.07, 6.45) is 1.27. The number of nitrogens with one attached hydrogen (secondary N) is 1. The summed E-state index contributed by atoms with van der Waals surface area (Å²) >= 11 is 0. The van der Waals surface area contributed by atoms with Crippen LogP contribution in [0, 0.1) is 25.2 Å². The second-order valence-corrected chi connectivity index (χ2v) is 8.41. The molecule has 33 heavy (non-hydrogen) atoms. The van der Waals surface area contributed by atoms with Crippen molar-refractivity contribution in [1.82, 2.24) is 25.3 Å². The number of esters is 1. The van der Waals surface area contributed by atoms with Gasteiger partial charge in [-0.3, -0.25) is 10.2 Å². The first kappa shape index (κ1) is 21.2. The lowest BCUT2D eigenvalue weighted by Crippen LogP contribution is -2.56. The summed E-state index contributed by atoms with van der Waals surface area (Å²) in [7, 11) is 0. The van der Waals surface area contributed by atoms with E-state index >= 15 is 0 Å². The van der Waals surface area contributed by atoms with Crippen LogP contribution < -0.4 is 11.1 Å². The molecule has 0 aliphatic carbocycles. The number of fused-ring (bicyclic) bond motifs is 1. The minimum atomic E-state index is -0.269. The molecule has 5 rings (SSSR count). The minimum Gasteiger partial charge on any atom is -0.457 e. The highest BCUT2D eigenvalue weighted by Gasteiger charge is 2.31. The van der Waals surface area contributed by atoms with Crippen LogP contribution in [0.4, 0.5) is 0 Å². The van der Waals surface area contributed by atoms with E-state index in [0.717, 1.165) is 22.3 Å². The summed E-state index contributed by atoms with van der Waals surface area (Å²) in [5, 5.41) is 16.6. The van der Waals surface area contributed by atoms with Gasteiger partial charge in [0.15, 0.2) is 5.82 Å². The molecule has 2 atom stereocenters. The summed E-state index contributed by atoms with van der Waals surface area (Å²) < 4.78 is 10.6. The van der Waals surface area contributed by atoms with Gasteiger partial charge in [0, 0.05) is 30.9 Å². The van der Waals surface area contributed by atoms with Crippen molar-refractivity contribution in [3.63, 3.8) is 0 Å². The number of cyclic esters (lactones) is 1. The van der Waals surface area contributed by atoms with E-state index in [1.165, 1.54) is 6.20 Å². The lowest BCUT2D eigenvalue weighted by atomic mass is 9.93. The van der Waals surface area contributed by atoms with Gasteiger partial charge in [-0.15, -0.1) is 0 Å². The number of ether oxygens (including phenoxy) is 1. The second-order valence-electron chi connectivity index (χ2n) is 8.41. The van der Waals surface area contributed by atoms with Gasteiger partial charge in [-0.05, 0) is 42.7 Å². The molecule has 0 radical (unpaired) electrons. The molecule has 10 nitrogen and oxygen atoms in total. The summed E-state index contributed by atoms with van der Waals surface area (Å²) in [5.74, 6) is 0.577. The third kappa shape index (κ3) is 3.98. The predicted molar refractivity (Wildman–Crippen MR) is 116 cm³/mol. The van der Waals surface area contributed by atoms with E-state index in [2.05, 4.69) is 31.4 Å². The lowest BCUT2D eigenvalue weighted by molar-refractivity contribution is 0.0535. The largest absolute Gasteiger partial charge is 0.457 e. The average Bonchev–Trinajstić information content (AvgIpc) is 3.41. The maximum absolute atomic E-state index is 11.9. The molecule has 0 amide bonds. The standard InChI is InChI=1S/C23H23N7O3/c1-12-5-18(26-7-14(12)6-24)22-28-21(29-33-22)10-30-8-19(27-20(25)9-30)15-3-4-16-17(13(15)2)11-32-23(16)31/h3-5,7,19-20,27H,8-11,25H2,1-2H3/t19-,20+/m0/s1. The average molecular weight is 445 g/mol. The molecule has 0 bridgehead atoms. The summed E-state index contributed by atoms with van der Waals surface area (Å²) in [5.41, 5.74) is 11.9. The molecule has 1 aromatic carbocycles. The molecule has 10 heteroatoms. The van der Waals surface area contributed by atoms with Crippen molar-refractivity contribution in [3.8, 4) is 17.7 Å². The number of nitriles is 1. The van der Waals surface area contributed by atoms with Crippen LogP contribution in [-0.2, 0) is 17.9 Å². The molecule has 0 spiro atoms. The second kappa shape index (κ2) is 8.37. The SMILES string of the molecule is Cc1cc(-c2nc(CN3C[C@@H](c4ccc5c(c4C)COC5=O)N[C@@H](N)C3)no2)ncc1C#N. The number of nitrogens with zero attached hydrogens (tertiary/aromatic N) is 5. The Hall–Kier alpha value is -3.65. The molecule has 2 aliphatic heterocycles. The van der Waals surface area contributed by atoms with Crippen molar-refractivity contribution in [2.75, 3.05) is 13.1 Å². The van der Waals surface area contributed by atoms with Crippen molar-refractivity contribution >= 4 is 5.97 Å². The topological polar surface area (TPSA) is 143 Å². The van der Waals surface area contributed by atoms with Crippen LogP contribution in [0.2, 0.25) is 0 Å². The van der Waals surface area contributed by atoms with Crippen LogP contribution >= 0.6 is 0 Å². The molecule has 2 aromatic heterocycles. The van der Waals surface area contributed by atoms with Crippen LogP contribution in [0.3, 0.4) is 0 Å². The number of carbonyl (C=O) groups is 1. The number of hydrogen-bond acceptors (Lipinski definition) is 10. The molecule has 1 fully saturated rings. The summed E-state index contributed by atoms with van der Waals surface area (Å²) in [4.78, 5) is 22.8. The fraction of sp³-hybridized carbons (Fsp3) is 0.348. The third-order valence-electron chi connectivity index (χ3n) is 6.18. The maximum Gasteiger partial charge on any atom is 0.338 e. The van der Waals surface area contributed by atoms with Crippen molar-refractivity contribution in [2.45, 2.75) is 39.2 Å². The van der Waals surface area contributed by atoms with Gasteiger partial charge in [-0.25, -0.2) is 9.78 Å². The van der Waals surface area contributed by atoms with Gasteiger partial charge in [0.25, 0.3) is 5.89 Å². The van der Waals surface area contributed by atoms with E-state index in [1.807, 2.05) is 26.0 Å². The van der Waals surface area contributed by atoms with Gasteiger partial charge in [0.1, 0.15) is 18.4 Å². The van der Waals surface area contributed by atoms with Crippen molar-refractivity contribution < 1.29 is 14.1 Å². The molecule has 4 heterocycles. The minimum absolute atomic E-state index is 0.0102. The number of nitrogens with two attached hydrogens (primary N) is 1. The number of rotatable bonds is 4. The smallest absolute Gasteiger partial charge is 0.338 e. The van der Waals surface area contributed by atoms with Gasteiger partial charge in [-0.1, -0.05) is 11.2 Å². The Bertz CT molecular complexity index is 1280. The number of benzene rings is 1. The molecule has 0 saturated carbocycles. The predicted octanol–water partition coefficient (Wildman–Crippen LogP) is 1.72. The Labute approximate surface area is 190 Å². The Balaban J connectivity index is 1.33. The highest BCUT2D eigenvalue weighted by Crippen LogP contribution is 2.30. The molecule has 2 aliphatic rings. The molecular weight excluding hydrogens is 422 g/mol. The van der Waals surface area contributed by atoms with Gasteiger partial charge in [0.2, 0.25) is 0 Å². The molecule has 1 saturated heterocycles. The zero-order valence-corrected chi connectivity index (χ0v) is 18.3. The van der Waals surface area contributed by atoms with Gasteiger partial charge >= 0.3 is 5.97 Å². The van der Waals surface area contributed by atoms with E-state index in [1.54, 1.807) is 6.07 Å². The molecule has 3 N–H and O–H groups in total. The number of hydrogen-bond donors (Lipinski definition) is 2. The first-order valence-corrected chi connectivity index (χ1v) is 10.7. The molecule has 0 unspecified atom stereocenters. The quantitative estimate of drug-likeness (QED) is 0.570. The first-order chi connectivity index (χ1) is 15.9. The van der Waals surface area contributed by atoms with Crippen LogP contribution in [0.5, 0.6) is 0 Å².